The Balaban J connectivity index is 2.10. The van der Waals surface area contributed by atoms with E-state index in [-0.39, 0.29) is 11.7 Å². The Morgan fingerprint density at radius 2 is 2.15 bits per heavy atom. The lowest BCUT2D eigenvalue weighted by Crippen LogP contribution is -2.15. The predicted octanol–water partition coefficient (Wildman–Crippen LogP) is 2.40. The van der Waals surface area contributed by atoms with Crippen LogP contribution in [0.25, 0.3) is 0 Å². The van der Waals surface area contributed by atoms with E-state index in [4.69, 9.17) is 4.74 Å². The minimum atomic E-state index is -0.366. The molecule has 0 atom stereocenters. The van der Waals surface area contributed by atoms with Crippen molar-refractivity contribution in [3.8, 4) is 5.75 Å². The van der Waals surface area contributed by atoms with Gasteiger partial charge in [0.2, 0.25) is 5.82 Å². The second kappa shape index (κ2) is 6.18. The third kappa shape index (κ3) is 3.57. The standard InChI is InChI=1S/C14H18N4O2/c1-9(2)8-20-12-7-5-4-6-11(12)16-14(19)13-15-10(3)17-18-13/h4-7,9H,8H2,1-3H3,(H,16,19)(H,15,17,18). The van der Waals surface area contributed by atoms with Crippen molar-refractivity contribution >= 4 is 11.6 Å². The average Bonchev–Trinajstić information content (AvgIpc) is 2.84. The summed E-state index contributed by atoms with van der Waals surface area (Å²) in [5.74, 6) is 1.40. The number of ether oxygens (including phenoxy) is 1. The van der Waals surface area contributed by atoms with E-state index < -0.39 is 0 Å². The van der Waals surface area contributed by atoms with Gasteiger partial charge in [-0.3, -0.25) is 9.89 Å². The lowest BCUT2D eigenvalue weighted by Gasteiger charge is -2.13. The van der Waals surface area contributed by atoms with E-state index in [1.165, 1.54) is 0 Å². The first-order valence-electron chi connectivity index (χ1n) is 6.48. The molecule has 0 unspecified atom stereocenters. The fourth-order valence-corrected chi connectivity index (χ4v) is 1.57. The highest BCUT2D eigenvalue weighted by Gasteiger charge is 2.13. The van der Waals surface area contributed by atoms with Crippen LogP contribution in [0, 0.1) is 12.8 Å². The molecule has 0 radical (unpaired) electrons. The largest absolute Gasteiger partial charge is 0.491 e. The van der Waals surface area contributed by atoms with Gasteiger partial charge in [0.15, 0.2) is 0 Å². The molecule has 0 bridgehead atoms. The lowest BCUT2D eigenvalue weighted by atomic mass is 10.2. The fraction of sp³-hybridized carbons (Fsp3) is 0.357. The summed E-state index contributed by atoms with van der Waals surface area (Å²) in [4.78, 5) is 16.0. The molecular weight excluding hydrogens is 256 g/mol. The van der Waals surface area contributed by atoms with Crippen LogP contribution in [-0.2, 0) is 0 Å². The van der Waals surface area contributed by atoms with Gasteiger partial charge in [-0.15, -0.1) is 5.10 Å². The Kier molecular flexibility index (Phi) is 4.34. The van der Waals surface area contributed by atoms with Gasteiger partial charge in [-0.25, -0.2) is 4.98 Å². The van der Waals surface area contributed by atoms with Crippen molar-refractivity contribution in [2.45, 2.75) is 20.8 Å². The summed E-state index contributed by atoms with van der Waals surface area (Å²) in [7, 11) is 0. The van der Waals surface area contributed by atoms with Crippen molar-refractivity contribution in [3.05, 3.63) is 35.9 Å². The highest BCUT2D eigenvalue weighted by Crippen LogP contribution is 2.24. The molecule has 0 saturated heterocycles. The van der Waals surface area contributed by atoms with E-state index in [1.54, 1.807) is 13.0 Å². The first-order chi connectivity index (χ1) is 9.56. The maximum absolute atomic E-state index is 12.0. The number of carbonyl (C=O) groups is 1. The molecule has 2 N–H and O–H groups in total. The lowest BCUT2D eigenvalue weighted by molar-refractivity contribution is 0.101. The van der Waals surface area contributed by atoms with Crippen LogP contribution in [0.2, 0.25) is 0 Å². The molecule has 2 aromatic rings. The topological polar surface area (TPSA) is 79.9 Å². The summed E-state index contributed by atoms with van der Waals surface area (Å²) >= 11 is 0. The summed E-state index contributed by atoms with van der Waals surface area (Å²) < 4.78 is 5.68. The SMILES string of the molecule is Cc1nc(C(=O)Nc2ccccc2OCC(C)C)n[nH]1. The number of amides is 1. The predicted molar refractivity (Wildman–Crippen MR) is 75.8 cm³/mol. The number of hydrogen-bond acceptors (Lipinski definition) is 4. The first kappa shape index (κ1) is 14.0. The first-order valence-corrected chi connectivity index (χ1v) is 6.48. The maximum Gasteiger partial charge on any atom is 0.295 e. The van der Waals surface area contributed by atoms with Crippen LogP contribution in [0.15, 0.2) is 24.3 Å². The van der Waals surface area contributed by atoms with Crippen LogP contribution >= 0.6 is 0 Å². The minimum Gasteiger partial charge on any atom is -0.491 e. The van der Waals surface area contributed by atoms with Gasteiger partial charge in [-0.1, -0.05) is 26.0 Å². The molecule has 2 rings (SSSR count). The summed E-state index contributed by atoms with van der Waals surface area (Å²) in [6, 6.07) is 7.30. The maximum atomic E-state index is 12.0. The van der Waals surface area contributed by atoms with Gasteiger partial charge in [-0.05, 0) is 25.0 Å². The van der Waals surface area contributed by atoms with Crippen LogP contribution in [0.3, 0.4) is 0 Å². The number of aryl methyl sites for hydroxylation is 1. The molecule has 106 valence electrons. The number of nitrogens with one attached hydrogen (secondary N) is 2. The van der Waals surface area contributed by atoms with Crippen LogP contribution < -0.4 is 10.1 Å². The smallest absolute Gasteiger partial charge is 0.295 e. The second-order valence-corrected chi connectivity index (χ2v) is 4.90. The van der Waals surface area contributed by atoms with Crippen LogP contribution in [0.5, 0.6) is 5.75 Å². The number of nitrogens with zero attached hydrogens (tertiary/aromatic N) is 2. The van der Waals surface area contributed by atoms with E-state index in [2.05, 4.69) is 34.3 Å². The molecule has 6 nitrogen and oxygen atoms in total. The molecule has 1 aromatic carbocycles. The third-order valence-electron chi connectivity index (χ3n) is 2.51. The number of anilines is 1. The molecule has 1 amide bonds. The van der Waals surface area contributed by atoms with E-state index in [0.717, 1.165) is 0 Å². The Morgan fingerprint density at radius 1 is 1.40 bits per heavy atom. The molecule has 0 aliphatic heterocycles. The number of H-pyrrole nitrogens is 1. The average molecular weight is 274 g/mol. The van der Waals surface area contributed by atoms with Gasteiger partial charge < -0.3 is 10.1 Å². The summed E-state index contributed by atoms with van der Waals surface area (Å²) in [6.45, 7) is 6.46. The van der Waals surface area contributed by atoms with E-state index in [9.17, 15) is 4.79 Å². The van der Waals surface area contributed by atoms with Crippen LogP contribution in [0.1, 0.15) is 30.3 Å². The Hall–Kier alpha value is -2.37. The summed E-state index contributed by atoms with van der Waals surface area (Å²) in [5, 5.41) is 9.22. The number of aromatic amines is 1. The van der Waals surface area contributed by atoms with Crippen molar-refractivity contribution in [2.75, 3.05) is 11.9 Å². The molecule has 20 heavy (non-hydrogen) atoms. The number of hydrogen-bond donors (Lipinski definition) is 2. The van der Waals surface area contributed by atoms with E-state index in [0.29, 0.717) is 29.8 Å². The number of rotatable bonds is 5. The molecule has 0 saturated carbocycles. The number of aromatic nitrogens is 3. The molecule has 0 aliphatic carbocycles. The van der Waals surface area contributed by atoms with Crippen molar-refractivity contribution in [1.29, 1.82) is 0 Å². The number of benzene rings is 1. The molecule has 1 aromatic heterocycles. The van der Waals surface area contributed by atoms with Crippen molar-refractivity contribution in [1.82, 2.24) is 15.2 Å². The van der Waals surface area contributed by atoms with Crippen molar-refractivity contribution in [3.63, 3.8) is 0 Å². The zero-order chi connectivity index (χ0) is 14.5. The molecule has 0 fully saturated rings. The highest BCUT2D eigenvalue weighted by molar-refractivity contribution is 6.02. The second-order valence-electron chi connectivity index (χ2n) is 4.90. The third-order valence-corrected chi connectivity index (χ3v) is 2.51. The van der Waals surface area contributed by atoms with Gasteiger partial charge in [-0.2, -0.15) is 0 Å². The highest BCUT2D eigenvalue weighted by atomic mass is 16.5. The van der Waals surface area contributed by atoms with Crippen molar-refractivity contribution < 1.29 is 9.53 Å². The Morgan fingerprint density at radius 3 is 2.80 bits per heavy atom. The normalized spacial score (nSPS) is 10.6. The van der Waals surface area contributed by atoms with Gasteiger partial charge in [0.05, 0.1) is 12.3 Å². The monoisotopic (exact) mass is 274 g/mol. The van der Waals surface area contributed by atoms with Gasteiger partial charge in [0, 0.05) is 0 Å². The van der Waals surface area contributed by atoms with Crippen molar-refractivity contribution in [2.24, 2.45) is 5.92 Å². The quantitative estimate of drug-likeness (QED) is 0.877. The van der Waals surface area contributed by atoms with Gasteiger partial charge >= 0.3 is 0 Å². The Labute approximate surface area is 117 Å². The zero-order valence-electron chi connectivity index (χ0n) is 11.8. The van der Waals surface area contributed by atoms with Gasteiger partial charge in [0.25, 0.3) is 5.91 Å². The van der Waals surface area contributed by atoms with Crippen LogP contribution in [0.4, 0.5) is 5.69 Å². The summed E-state index contributed by atoms with van der Waals surface area (Å²) in [6.07, 6.45) is 0. The fourth-order valence-electron chi connectivity index (χ4n) is 1.57. The molecule has 0 spiro atoms. The number of para-hydroxylation sites is 2. The van der Waals surface area contributed by atoms with E-state index >= 15 is 0 Å². The number of carbonyl (C=O) groups excluding carboxylic acids is 1. The molecule has 6 heteroatoms. The molecule has 1 heterocycles. The summed E-state index contributed by atoms with van der Waals surface area (Å²) in [5.41, 5.74) is 0.612. The van der Waals surface area contributed by atoms with Crippen LogP contribution in [-0.4, -0.2) is 27.7 Å². The molecule has 0 aliphatic rings. The minimum absolute atomic E-state index is 0.112. The zero-order valence-corrected chi connectivity index (χ0v) is 11.8. The molecular formula is C14H18N4O2. The van der Waals surface area contributed by atoms with E-state index in [1.807, 2.05) is 18.2 Å². The van der Waals surface area contributed by atoms with Gasteiger partial charge in [0.1, 0.15) is 11.6 Å². The Bertz CT molecular complexity index is 592.